The molecule has 0 saturated carbocycles. The summed E-state index contributed by atoms with van der Waals surface area (Å²) in [5.74, 6) is -0.960. The van der Waals surface area contributed by atoms with Crippen LogP contribution in [0.1, 0.15) is 19.4 Å². The van der Waals surface area contributed by atoms with Crippen molar-refractivity contribution in [1.82, 2.24) is 0 Å². The molecule has 6 heteroatoms. The van der Waals surface area contributed by atoms with Gasteiger partial charge in [-0.1, -0.05) is 12.1 Å². The Morgan fingerprint density at radius 1 is 1.32 bits per heavy atom. The molecule has 4 nitrogen and oxygen atoms in total. The first-order valence-corrected chi connectivity index (χ1v) is 5.90. The lowest BCUT2D eigenvalue weighted by molar-refractivity contribution is -0.138. The minimum atomic E-state index is -0.960. The van der Waals surface area contributed by atoms with Crippen LogP contribution < -0.4 is 10.6 Å². The molecule has 0 aliphatic heterocycles. The van der Waals surface area contributed by atoms with Crippen LogP contribution in [0, 0.1) is 0 Å². The molecule has 0 aromatic heterocycles. The van der Waals surface area contributed by atoms with Crippen molar-refractivity contribution in [1.29, 1.82) is 0 Å². The number of carboxylic acids is 1. The van der Waals surface area contributed by atoms with Crippen LogP contribution in [-0.2, 0) is 11.2 Å². The Hall–Kier alpha value is -0.970. The van der Waals surface area contributed by atoms with Gasteiger partial charge < -0.3 is 15.7 Å². The molecular formula is C13H22Cl2N2O2. The van der Waals surface area contributed by atoms with E-state index in [0.29, 0.717) is 6.42 Å². The lowest BCUT2D eigenvalue weighted by Crippen LogP contribution is -2.32. The number of rotatable bonds is 6. The predicted octanol–water partition coefficient (Wildman–Crippen LogP) is 2.33. The molecule has 110 valence electrons. The summed E-state index contributed by atoms with van der Waals surface area (Å²) in [5, 5.41) is 8.78. The summed E-state index contributed by atoms with van der Waals surface area (Å²) in [7, 11) is 0. The molecule has 0 aliphatic carbocycles. The number of hydrogen-bond acceptors (Lipinski definition) is 3. The number of nitrogens with two attached hydrogens (primary N) is 1. The van der Waals surface area contributed by atoms with Crippen molar-refractivity contribution in [2.24, 2.45) is 5.73 Å². The molecule has 0 amide bonds. The number of anilines is 1. The molecular weight excluding hydrogens is 287 g/mol. The van der Waals surface area contributed by atoms with Crippen LogP contribution in [0.5, 0.6) is 0 Å². The highest BCUT2D eigenvalue weighted by atomic mass is 35.5. The number of aliphatic carboxylic acids is 1. The van der Waals surface area contributed by atoms with Crippen molar-refractivity contribution >= 4 is 36.5 Å². The summed E-state index contributed by atoms with van der Waals surface area (Å²) in [4.78, 5) is 12.9. The summed E-state index contributed by atoms with van der Waals surface area (Å²) in [5.41, 5.74) is 7.60. The van der Waals surface area contributed by atoms with E-state index < -0.39 is 12.0 Å². The van der Waals surface area contributed by atoms with Crippen molar-refractivity contribution < 1.29 is 9.90 Å². The summed E-state index contributed by atoms with van der Waals surface area (Å²) in [6.07, 6.45) is 0.366. The van der Waals surface area contributed by atoms with Crippen LogP contribution in [0.2, 0.25) is 0 Å². The molecule has 0 fully saturated rings. The van der Waals surface area contributed by atoms with Gasteiger partial charge in [0.1, 0.15) is 6.04 Å². The first-order valence-electron chi connectivity index (χ1n) is 5.90. The third kappa shape index (κ3) is 6.14. The van der Waals surface area contributed by atoms with Crippen LogP contribution in [0.25, 0.3) is 0 Å². The summed E-state index contributed by atoms with van der Waals surface area (Å²) >= 11 is 0. The second kappa shape index (κ2) is 9.89. The standard InChI is InChI=1S/C13H20N2O2.2ClH/c1-3-15(4-2)11-7-5-6-10(8-11)9-12(14)13(16)17;;/h5-8,12H,3-4,9,14H2,1-2H3,(H,16,17);2*1H/t12-;;/m0../s1. The lowest BCUT2D eigenvalue weighted by Gasteiger charge is -2.21. The molecule has 1 rings (SSSR count). The summed E-state index contributed by atoms with van der Waals surface area (Å²) < 4.78 is 0. The predicted molar refractivity (Wildman–Crippen MR) is 83.8 cm³/mol. The van der Waals surface area contributed by atoms with Crippen molar-refractivity contribution in [3.8, 4) is 0 Å². The number of halogens is 2. The van der Waals surface area contributed by atoms with Crippen LogP contribution >= 0.6 is 24.8 Å². The van der Waals surface area contributed by atoms with Crippen LogP contribution in [0.15, 0.2) is 24.3 Å². The summed E-state index contributed by atoms with van der Waals surface area (Å²) in [6.45, 7) is 6.06. The molecule has 0 bridgehead atoms. The Morgan fingerprint density at radius 2 is 1.89 bits per heavy atom. The van der Waals surface area contributed by atoms with Gasteiger partial charge in [0.2, 0.25) is 0 Å². The molecule has 19 heavy (non-hydrogen) atoms. The SMILES string of the molecule is CCN(CC)c1cccc(C[C@H](N)C(=O)O)c1.Cl.Cl. The Labute approximate surface area is 126 Å². The highest BCUT2D eigenvalue weighted by Gasteiger charge is 2.12. The number of benzene rings is 1. The molecule has 0 saturated heterocycles. The monoisotopic (exact) mass is 308 g/mol. The lowest BCUT2D eigenvalue weighted by atomic mass is 10.1. The van der Waals surface area contributed by atoms with Crippen LogP contribution in [-0.4, -0.2) is 30.2 Å². The van der Waals surface area contributed by atoms with Crippen molar-refractivity contribution in [2.75, 3.05) is 18.0 Å². The molecule has 0 unspecified atom stereocenters. The van der Waals surface area contributed by atoms with Crippen molar-refractivity contribution in [2.45, 2.75) is 26.3 Å². The zero-order chi connectivity index (χ0) is 12.8. The van der Waals surface area contributed by atoms with Crippen molar-refractivity contribution in [3.05, 3.63) is 29.8 Å². The topological polar surface area (TPSA) is 66.6 Å². The van der Waals surface area contributed by atoms with Crippen LogP contribution in [0.4, 0.5) is 5.69 Å². The fourth-order valence-electron chi connectivity index (χ4n) is 1.81. The van der Waals surface area contributed by atoms with Gasteiger partial charge in [0.15, 0.2) is 0 Å². The van der Waals surface area contributed by atoms with E-state index in [9.17, 15) is 4.79 Å². The average Bonchev–Trinajstić information content (AvgIpc) is 2.31. The van der Waals surface area contributed by atoms with Gasteiger partial charge >= 0.3 is 5.97 Å². The zero-order valence-electron chi connectivity index (χ0n) is 11.2. The first kappa shape index (κ1) is 20.3. The number of hydrogen-bond donors (Lipinski definition) is 2. The Balaban J connectivity index is 0. The zero-order valence-corrected chi connectivity index (χ0v) is 12.8. The maximum atomic E-state index is 10.7. The molecule has 1 aromatic rings. The van der Waals surface area contributed by atoms with E-state index in [4.69, 9.17) is 10.8 Å². The van der Waals surface area contributed by atoms with Gasteiger partial charge in [0.05, 0.1) is 0 Å². The number of nitrogens with zero attached hydrogens (tertiary/aromatic N) is 1. The van der Waals surface area contributed by atoms with Gasteiger partial charge in [-0.25, -0.2) is 0 Å². The molecule has 1 atom stereocenters. The minimum absolute atomic E-state index is 0. The van der Waals surface area contributed by atoms with Crippen LogP contribution in [0.3, 0.4) is 0 Å². The van der Waals surface area contributed by atoms with E-state index in [2.05, 4.69) is 18.7 Å². The minimum Gasteiger partial charge on any atom is -0.480 e. The Kier molecular flexibility index (Phi) is 10.6. The number of carboxylic acid groups (broad SMARTS) is 1. The van der Waals surface area contributed by atoms with Gasteiger partial charge in [-0.2, -0.15) is 0 Å². The van der Waals surface area contributed by atoms with E-state index in [0.717, 1.165) is 24.3 Å². The molecule has 0 heterocycles. The van der Waals surface area contributed by atoms with Gasteiger partial charge in [-0.15, -0.1) is 24.8 Å². The molecule has 1 aromatic carbocycles. The van der Waals surface area contributed by atoms with Gasteiger partial charge in [0.25, 0.3) is 0 Å². The second-order valence-corrected chi connectivity index (χ2v) is 3.99. The van der Waals surface area contributed by atoms with E-state index in [-0.39, 0.29) is 24.8 Å². The van der Waals surface area contributed by atoms with E-state index in [1.54, 1.807) is 0 Å². The summed E-state index contributed by atoms with van der Waals surface area (Å²) in [6, 6.07) is 7.06. The maximum Gasteiger partial charge on any atom is 0.320 e. The maximum absolute atomic E-state index is 10.7. The largest absolute Gasteiger partial charge is 0.480 e. The molecule has 0 aliphatic rings. The third-order valence-corrected chi connectivity index (χ3v) is 2.81. The number of carbonyl (C=O) groups is 1. The fourth-order valence-corrected chi connectivity index (χ4v) is 1.81. The van der Waals surface area contributed by atoms with Gasteiger partial charge in [0, 0.05) is 18.8 Å². The normalized spacial score (nSPS) is 10.9. The highest BCUT2D eigenvalue weighted by molar-refractivity contribution is 5.85. The third-order valence-electron chi connectivity index (χ3n) is 2.81. The molecule has 0 spiro atoms. The smallest absolute Gasteiger partial charge is 0.320 e. The fraction of sp³-hybridized carbons (Fsp3) is 0.462. The van der Waals surface area contributed by atoms with E-state index >= 15 is 0 Å². The quantitative estimate of drug-likeness (QED) is 0.846. The molecule has 3 N–H and O–H groups in total. The van der Waals surface area contributed by atoms with Gasteiger partial charge in [-0.3, -0.25) is 4.79 Å². The Morgan fingerprint density at radius 3 is 2.37 bits per heavy atom. The highest BCUT2D eigenvalue weighted by Crippen LogP contribution is 2.16. The van der Waals surface area contributed by atoms with Crippen molar-refractivity contribution in [3.63, 3.8) is 0 Å². The van der Waals surface area contributed by atoms with E-state index in [1.807, 2.05) is 24.3 Å². The molecule has 0 radical (unpaired) electrons. The first-order chi connectivity index (χ1) is 8.08. The van der Waals surface area contributed by atoms with E-state index in [1.165, 1.54) is 0 Å². The average molecular weight is 309 g/mol. The van der Waals surface area contributed by atoms with Gasteiger partial charge in [-0.05, 0) is 38.0 Å². The second-order valence-electron chi connectivity index (χ2n) is 3.99. The Bertz CT molecular complexity index is 385.